The number of aromatic amines is 1. The molecule has 1 aromatic carbocycles. The van der Waals surface area contributed by atoms with Gasteiger partial charge in [0.05, 0.1) is 5.56 Å². The van der Waals surface area contributed by atoms with Gasteiger partial charge in [-0.15, -0.1) is 0 Å². The summed E-state index contributed by atoms with van der Waals surface area (Å²) in [6.45, 7) is 7.32. The number of nitrogens with one attached hydrogen (secondary N) is 2. The van der Waals surface area contributed by atoms with Crippen LogP contribution in [0.25, 0.3) is 0 Å². The maximum absolute atomic E-state index is 13.7. The molecule has 8 nitrogen and oxygen atoms in total. The second kappa shape index (κ2) is 10.5. The highest BCUT2D eigenvalue weighted by molar-refractivity contribution is 7.89. The smallest absolute Gasteiger partial charge is 0.257 e. The summed E-state index contributed by atoms with van der Waals surface area (Å²) in [6.07, 6.45) is 4.67. The van der Waals surface area contributed by atoms with E-state index in [1.165, 1.54) is 4.31 Å². The molecule has 0 aliphatic carbocycles. The van der Waals surface area contributed by atoms with Crippen molar-refractivity contribution in [3.8, 4) is 0 Å². The molecule has 0 radical (unpaired) electrons. The van der Waals surface area contributed by atoms with Crippen LogP contribution in [0.3, 0.4) is 0 Å². The lowest BCUT2D eigenvalue weighted by atomic mass is 9.97. The van der Waals surface area contributed by atoms with Crippen LogP contribution in [0.5, 0.6) is 0 Å². The summed E-state index contributed by atoms with van der Waals surface area (Å²) in [6, 6.07) is 7.74. The molecule has 0 saturated carbocycles. The zero-order valence-electron chi connectivity index (χ0n) is 20.9. The van der Waals surface area contributed by atoms with E-state index in [-0.39, 0.29) is 41.3 Å². The molecule has 2 amide bonds. The fraction of sp³-hybridized carbons (Fsp3) is 0.538. The van der Waals surface area contributed by atoms with E-state index in [0.717, 1.165) is 36.9 Å². The number of piperidine rings is 2. The maximum atomic E-state index is 13.7. The number of hydrogen-bond acceptors (Lipinski definition) is 4. The fourth-order valence-corrected chi connectivity index (χ4v) is 7.15. The summed E-state index contributed by atoms with van der Waals surface area (Å²) < 4.78 is 28.9. The normalized spacial score (nSPS) is 18.0. The number of rotatable bonds is 6. The molecule has 2 fully saturated rings. The summed E-state index contributed by atoms with van der Waals surface area (Å²) in [5.41, 5.74) is 3.22. The molecule has 4 rings (SSSR count). The van der Waals surface area contributed by atoms with E-state index in [1.54, 1.807) is 18.7 Å². The first-order chi connectivity index (χ1) is 16.7. The number of benzene rings is 1. The third-order valence-corrected chi connectivity index (χ3v) is 9.32. The standard InChI is InChI=1S/C26H36N4O4S/c1-4-20-10-6-7-11-22(20)28-25(31)21-12-16-30(17-13-21)35(33,34)24-19(3)27-18(2)23(24)26(32)29-14-8-5-9-15-29/h6-7,10-11,21,27H,4-5,8-9,12-17H2,1-3H3,(H,28,31). The first-order valence-electron chi connectivity index (χ1n) is 12.6. The summed E-state index contributed by atoms with van der Waals surface area (Å²) in [7, 11) is -3.88. The molecule has 2 aromatic rings. The average Bonchev–Trinajstić information content (AvgIpc) is 3.18. The molecule has 0 bridgehead atoms. The van der Waals surface area contributed by atoms with E-state index in [2.05, 4.69) is 10.3 Å². The number of amides is 2. The Morgan fingerprint density at radius 1 is 1.00 bits per heavy atom. The fourth-order valence-electron chi connectivity index (χ4n) is 5.27. The summed E-state index contributed by atoms with van der Waals surface area (Å²) in [5, 5.41) is 3.03. The van der Waals surface area contributed by atoms with Crippen LogP contribution in [0.4, 0.5) is 5.69 Å². The molecule has 0 atom stereocenters. The SMILES string of the molecule is CCc1ccccc1NC(=O)C1CCN(S(=O)(=O)c2c(C)[nH]c(C)c2C(=O)N2CCCCC2)CC1. The molecule has 9 heteroatoms. The van der Waals surface area contributed by atoms with Crippen LogP contribution in [0.2, 0.25) is 0 Å². The second-order valence-corrected chi connectivity index (χ2v) is 11.5. The minimum absolute atomic E-state index is 0.0717. The number of sulfonamides is 1. The number of aromatic nitrogens is 1. The Morgan fingerprint density at radius 3 is 2.31 bits per heavy atom. The van der Waals surface area contributed by atoms with Crippen molar-refractivity contribution in [1.29, 1.82) is 0 Å². The van der Waals surface area contributed by atoms with Crippen LogP contribution >= 0.6 is 0 Å². The number of para-hydroxylation sites is 1. The van der Waals surface area contributed by atoms with Crippen LogP contribution in [-0.2, 0) is 21.2 Å². The zero-order chi connectivity index (χ0) is 25.2. The lowest BCUT2D eigenvalue weighted by Crippen LogP contribution is -2.42. The van der Waals surface area contributed by atoms with Crippen molar-refractivity contribution in [2.24, 2.45) is 5.92 Å². The van der Waals surface area contributed by atoms with Crippen LogP contribution in [0.1, 0.15) is 66.3 Å². The Bertz CT molecular complexity index is 1190. The molecule has 2 N–H and O–H groups in total. The molecular formula is C26H36N4O4S. The van der Waals surface area contributed by atoms with Crippen molar-refractivity contribution in [3.05, 3.63) is 46.8 Å². The number of hydrogen-bond donors (Lipinski definition) is 2. The van der Waals surface area contributed by atoms with Gasteiger partial charge in [-0.2, -0.15) is 4.31 Å². The number of H-pyrrole nitrogens is 1. The quantitative estimate of drug-likeness (QED) is 0.629. The van der Waals surface area contributed by atoms with E-state index in [9.17, 15) is 18.0 Å². The number of carbonyl (C=O) groups is 2. The Balaban J connectivity index is 1.48. The Hall–Kier alpha value is -2.65. The maximum Gasteiger partial charge on any atom is 0.257 e. The molecule has 1 aromatic heterocycles. The van der Waals surface area contributed by atoms with Crippen LogP contribution in [-0.4, -0.2) is 60.6 Å². The Labute approximate surface area is 208 Å². The van der Waals surface area contributed by atoms with E-state index >= 15 is 0 Å². The largest absolute Gasteiger partial charge is 0.361 e. The molecular weight excluding hydrogens is 464 g/mol. The van der Waals surface area contributed by atoms with Crippen molar-refractivity contribution in [3.63, 3.8) is 0 Å². The van der Waals surface area contributed by atoms with Crippen LogP contribution in [0, 0.1) is 19.8 Å². The van der Waals surface area contributed by atoms with Gasteiger partial charge in [0, 0.05) is 49.2 Å². The Morgan fingerprint density at radius 2 is 1.66 bits per heavy atom. The van der Waals surface area contributed by atoms with E-state index in [1.807, 2.05) is 31.2 Å². The number of anilines is 1. The summed E-state index contributed by atoms with van der Waals surface area (Å²) >= 11 is 0. The Kier molecular flexibility index (Phi) is 7.66. The predicted octanol–water partition coefficient (Wildman–Crippen LogP) is 3.86. The van der Waals surface area contributed by atoms with Crippen molar-refractivity contribution < 1.29 is 18.0 Å². The predicted molar refractivity (Wildman–Crippen MR) is 136 cm³/mol. The van der Waals surface area contributed by atoms with Gasteiger partial charge in [0.2, 0.25) is 15.9 Å². The molecule has 0 unspecified atom stereocenters. The van der Waals surface area contributed by atoms with Gasteiger partial charge in [-0.1, -0.05) is 25.1 Å². The zero-order valence-corrected chi connectivity index (χ0v) is 21.7. The van der Waals surface area contributed by atoms with Gasteiger partial charge in [0.1, 0.15) is 4.90 Å². The van der Waals surface area contributed by atoms with E-state index in [4.69, 9.17) is 0 Å². The third kappa shape index (κ3) is 5.16. The highest BCUT2D eigenvalue weighted by atomic mass is 32.2. The van der Waals surface area contributed by atoms with Gasteiger partial charge in [-0.3, -0.25) is 9.59 Å². The van der Waals surface area contributed by atoms with E-state index in [0.29, 0.717) is 37.3 Å². The molecule has 3 heterocycles. The lowest BCUT2D eigenvalue weighted by molar-refractivity contribution is -0.120. The first kappa shape index (κ1) is 25.4. The highest BCUT2D eigenvalue weighted by Gasteiger charge is 2.38. The van der Waals surface area contributed by atoms with Crippen LogP contribution < -0.4 is 5.32 Å². The summed E-state index contributed by atoms with van der Waals surface area (Å²) in [4.78, 5) is 31.2. The monoisotopic (exact) mass is 500 g/mol. The van der Waals surface area contributed by atoms with Crippen molar-refractivity contribution in [2.75, 3.05) is 31.5 Å². The molecule has 2 aliphatic rings. The van der Waals surface area contributed by atoms with Gasteiger partial charge >= 0.3 is 0 Å². The topological polar surface area (TPSA) is 103 Å². The van der Waals surface area contributed by atoms with Crippen molar-refractivity contribution in [2.45, 2.75) is 64.2 Å². The minimum Gasteiger partial charge on any atom is -0.361 e. The van der Waals surface area contributed by atoms with E-state index < -0.39 is 10.0 Å². The molecule has 2 aliphatic heterocycles. The van der Waals surface area contributed by atoms with Crippen LogP contribution in [0.15, 0.2) is 29.2 Å². The van der Waals surface area contributed by atoms with Gasteiger partial charge in [-0.25, -0.2) is 8.42 Å². The van der Waals surface area contributed by atoms with Crippen molar-refractivity contribution in [1.82, 2.24) is 14.2 Å². The molecule has 0 spiro atoms. The van der Waals surface area contributed by atoms with Gasteiger partial charge in [0.15, 0.2) is 0 Å². The first-order valence-corrected chi connectivity index (χ1v) is 14.1. The molecule has 190 valence electrons. The average molecular weight is 501 g/mol. The molecule has 35 heavy (non-hydrogen) atoms. The minimum atomic E-state index is -3.88. The number of likely N-dealkylation sites (tertiary alicyclic amines) is 1. The lowest BCUT2D eigenvalue weighted by Gasteiger charge is -2.31. The van der Waals surface area contributed by atoms with Gasteiger partial charge in [-0.05, 0) is 64.0 Å². The third-order valence-electron chi connectivity index (χ3n) is 7.25. The highest BCUT2D eigenvalue weighted by Crippen LogP contribution is 2.32. The second-order valence-electron chi connectivity index (χ2n) is 9.61. The molecule has 2 saturated heterocycles. The van der Waals surface area contributed by atoms with Gasteiger partial charge in [0.25, 0.3) is 5.91 Å². The number of carbonyl (C=O) groups excluding carboxylic acids is 2. The summed E-state index contributed by atoms with van der Waals surface area (Å²) in [5.74, 6) is -0.540. The number of nitrogens with zero attached hydrogens (tertiary/aromatic N) is 2. The van der Waals surface area contributed by atoms with Gasteiger partial charge < -0.3 is 15.2 Å². The van der Waals surface area contributed by atoms with Crippen molar-refractivity contribution >= 4 is 27.5 Å². The number of aryl methyl sites for hydroxylation is 3.